The Morgan fingerprint density at radius 1 is 1.52 bits per heavy atom. The van der Waals surface area contributed by atoms with Crippen LogP contribution in [0.3, 0.4) is 0 Å². The summed E-state index contributed by atoms with van der Waals surface area (Å²) in [4.78, 5) is 30.2. The zero-order valence-electron chi connectivity index (χ0n) is 11.2. The standard InChI is InChI=1S/C12H14N4O4S/c1-19-12(18)9(4-8-5-13-7-14-8)15-10(17)6-20-11-2-3-21-16-11/h2-3,5,7,9H,4,6H2,1H3,(H,13,14)(H,15,17)/t9-/m1/s1. The number of H-pyrrole nitrogens is 1. The van der Waals surface area contributed by atoms with E-state index in [0.717, 1.165) is 0 Å². The first-order chi connectivity index (χ1) is 10.2. The first kappa shape index (κ1) is 15.0. The van der Waals surface area contributed by atoms with Gasteiger partial charge < -0.3 is 19.8 Å². The third kappa shape index (κ3) is 4.56. The second kappa shape index (κ2) is 7.39. The number of amides is 1. The zero-order chi connectivity index (χ0) is 15.1. The van der Waals surface area contributed by atoms with Crippen molar-refractivity contribution in [2.75, 3.05) is 13.7 Å². The highest BCUT2D eigenvalue weighted by Gasteiger charge is 2.22. The van der Waals surface area contributed by atoms with Crippen LogP contribution in [0.2, 0.25) is 0 Å². The van der Waals surface area contributed by atoms with Crippen LogP contribution in [-0.4, -0.2) is 46.0 Å². The topological polar surface area (TPSA) is 106 Å². The minimum Gasteiger partial charge on any atom is -0.467 e. The predicted octanol–water partition coefficient (Wildman–Crippen LogP) is 0.146. The average molecular weight is 310 g/mol. The van der Waals surface area contributed by atoms with Crippen LogP contribution in [-0.2, 0) is 20.7 Å². The molecule has 2 aromatic heterocycles. The van der Waals surface area contributed by atoms with E-state index in [0.29, 0.717) is 11.6 Å². The number of ether oxygens (including phenoxy) is 2. The highest BCUT2D eigenvalue weighted by atomic mass is 32.1. The number of nitrogens with zero attached hydrogens (tertiary/aromatic N) is 2. The van der Waals surface area contributed by atoms with Gasteiger partial charge in [0, 0.05) is 29.8 Å². The molecule has 1 atom stereocenters. The molecule has 0 aromatic carbocycles. The Bertz CT molecular complexity index is 570. The van der Waals surface area contributed by atoms with Crippen molar-refractivity contribution in [2.45, 2.75) is 12.5 Å². The van der Waals surface area contributed by atoms with Gasteiger partial charge in [0.2, 0.25) is 5.88 Å². The number of esters is 1. The van der Waals surface area contributed by atoms with E-state index in [1.807, 2.05) is 0 Å². The summed E-state index contributed by atoms with van der Waals surface area (Å²) in [5.74, 6) is -0.595. The quantitative estimate of drug-likeness (QED) is 0.705. The summed E-state index contributed by atoms with van der Waals surface area (Å²) in [5.41, 5.74) is 0.714. The molecule has 112 valence electrons. The Kier molecular flexibility index (Phi) is 5.27. The van der Waals surface area contributed by atoms with Crippen molar-refractivity contribution < 1.29 is 19.1 Å². The van der Waals surface area contributed by atoms with Crippen molar-refractivity contribution in [1.29, 1.82) is 0 Å². The van der Waals surface area contributed by atoms with Crippen LogP contribution in [0.4, 0.5) is 0 Å². The maximum absolute atomic E-state index is 11.8. The Labute approximate surface area is 124 Å². The van der Waals surface area contributed by atoms with E-state index in [-0.39, 0.29) is 13.0 Å². The molecule has 0 bridgehead atoms. The first-order valence-corrected chi connectivity index (χ1v) is 6.90. The Balaban J connectivity index is 1.88. The van der Waals surface area contributed by atoms with E-state index in [9.17, 15) is 9.59 Å². The molecule has 0 unspecified atom stereocenters. The lowest BCUT2D eigenvalue weighted by Crippen LogP contribution is -2.45. The normalized spacial score (nSPS) is 11.7. The van der Waals surface area contributed by atoms with E-state index >= 15 is 0 Å². The number of carbonyl (C=O) groups is 2. The van der Waals surface area contributed by atoms with Crippen molar-refractivity contribution in [1.82, 2.24) is 19.7 Å². The third-order valence-corrected chi connectivity index (χ3v) is 3.11. The van der Waals surface area contributed by atoms with E-state index in [4.69, 9.17) is 4.74 Å². The number of imidazole rings is 1. The van der Waals surface area contributed by atoms with Gasteiger partial charge in [-0.2, -0.15) is 4.37 Å². The molecule has 0 spiro atoms. The number of aromatic amines is 1. The summed E-state index contributed by atoms with van der Waals surface area (Å²) in [6.45, 7) is -0.222. The SMILES string of the molecule is COC(=O)[C@@H](Cc1cnc[nH]1)NC(=O)COc1ccsn1. The van der Waals surface area contributed by atoms with Gasteiger partial charge in [0.1, 0.15) is 6.04 Å². The Morgan fingerprint density at radius 3 is 3.00 bits per heavy atom. The van der Waals surface area contributed by atoms with Gasteiger partial charge in [-0.1, -0.05) is 0 Å². The maximum Gasteiger partial charge on any atom is 0.328 e. The van der Waals surface area contributed by atoms with Crippen LogP contribution >= 0.6 is 11.5 Å². The summed E-state index contributed by atoms with van der Waals surface area (Å²) in [6, 6.07) is 0.849. The second-order valence-electron chi connectivity index (χ2n) is 4.05. The van der Waals surface area contributed by atoms with Crippen LogP contribution in [0.25, 0.3) is 0 Å². The minimum atomic E-state index is -0.804. The van der Waals surface area contributed by atoms with Crippen LogP contribution in [0, 0.1) is 0 Å². The van der Waals surface area contributed by atoms with Crippen LogP contribution in [0.15, 0.2) is 24.0 Å². The van der Waals surface area contributed by atoms with Crippen LogP contribution in [0.1, 0.15) is 5.69 Å². The van der Waals surface area contributed by atoms with Gasteiger partial charge >= 0.3 is 5.97 Å². The van der Waals surface area contributed by atoms with Gasteiger partial charge in [-0.25, -0.2) is 9.78 Å². The van der Waals surface area contributed by atoms with Gasteiger partial charge in [-0.15, -0.1) is 0 Å². The molecule has 0 saturated heterocycles. The molecule has 0 aliphatic rings. The van der Waals surface area contributed by atoms with Crippen molar-refractivity contribution in [3.05, 3.63) is 29.7 Å². The third-order valence-electron chi connectivity index (χ3n) is 2.57. The fraction of sp³-hybridized carbons (Fsp3) is 0.333. The molecule has 1 amide bonds. The lowest BCUT2D eigenvalue weighted by molar-refractivity contribution is -0.145. The summed E-state index contributed by atoms with van der Waals surface area (Å²) in [7, 11) is 1.26. The van der Waals surface area contributed by atoms with Gasteiger partial charge in [-0.05, 0) is 11.5 Å². The van der Waals surface area contributed by atoms with E-state index in [2.05, 4.69) is 24.4 Å². The average Bonchev–Trinajstić information content (AvgIpc) is 3.16. The molecule has 0 aliphatic carbocycles. The number of hydrogen-bond acceptors (Lipinski definition) is 7. The largest absolute Gasteiger partial charge is 0.467 e. The van der Waals surface area contributed by atoms with Crippen molar-refractivity contribution in [3.63, 3.8) is 0 Å². The molecule has 0 aliphatic heterocycles. The molecule has 2 N–H and O–H groups in total. The number of methoxy groups -OCH3 is 1. The van der Waals surface area contributed by atoms with Crippen molar-refractivity contribution in [3.8, 4) is 5.88 Å². The second-order valence-corrected chi connectivity index (χ2v) is 4.72. The lowest BCUT2D eigenvalue weighted by Gasteiger charge is -2.15. The van der Waals surface area contributed by atoms with E-state index in [1.165, 1.54) is 25.0 Å². The van der Waals surface area contributed by atoms with Crippen LogP contribution < -0.4 is 10.1 Å². The summed E-state index contributed by atoms with van der Waals surface area (Å²) < 4.78 is 13.8. The molecular weight excluding hydrogens is 296 g/mol. The summed E-state index contributed by atoms with van der Waals surface area (Å²) >= 11 is 1.22. The monoisotopic (exact) mass is 310 g/mol. The van der Waals surface area contributed by atoms with Crippen molar-refractivity contribution in [2.24, 2.45) is 0 Å². The Hall–Kier alpha value is -2.42. The Morgan fingerprint density at radius 2 is 2.38 bits per heavy atom. The number of aromatic nitrogens is 3. The lowest BCUT2D eigenvalue weighted by atomic mass is 10.1. The summed E-state index contributed by atoms with van der Waals surface area (Å²) in [5, 5.41) is 4.30. The molecule has 8 nitrogen and oxygen atoms in total. The van der Waals surface area contributed by atoms with Gasteiger partial charge in [0.25, 0.3) is 5.91 Å². The zero-order valence-corrected chi connectivity index (χ0v) is 12.1. The first-order valence-electron chi connectivity index (χ1n) is 6.06. The molecule has 0 fully saturated rings. The minimum absolute atomic E-state index is 0.222. The highest BCUT2D eigenvalue weighted by Crippen LogP contribution is 2.08. The van der Waals surface area contributed by atoms with E-state index in [1.54, 1.807) is 17.6 Å². The fourth-order valence-electron chi connectivity index (χ4n) is 1.60. The highest BCUT2D eigenvalue weighted by molar-refractivity contribution is 7.03. The molecule has 0 radical (unpaired) electrons. The molecule has 0 saturated carbocycles. The molecule has 9 heteroatoms. The number of carbonyl (C=O) groups excluding carboxylic acids is 2. The number of rotatable bonds is 7. The maximum atomic E-state index is 11.8. The predicted molar refractivity (Wildman–Crippen MR) is 73.8 cm³/mol. The molecule has 2 aromatic rings. The number of nitrogens with one attached hydrogen (secondary N) is 2. The van der Waals surface area contributed by atoms with Gasteiger partial charge in [-0.3, -0.25) is 4.79 Å². The van der Waals surface area contributed by atoms with Gasteiger partial charge in [0.05, 0.1) is 13.4 Å². The summed E-state index contributed by atoms with van der Waals surface area (Å²) in [6.07, 6.45) is 3.33. The smallest absolute Gasteiger partial charge is 0.328 e. The van der Waals surface area contributed by atoms with Gasteiger partial charge in [0.15, 0.2) is 6.61 Å². The van der Waals surface area contributed by atoms with Crippen molar-refractivity contribution >= 4 is 23.4 Å². The molecular formula is C12H14N4O4S. The molecule has 2 rings (SSSR count). The van der Waals surface area contributed by atoms with Crippen LogP contribution in [0.5, 0.6) is 5.88 Å². The fourth-order valence-corrected chi connectivity index (χ4v) is 2.06. The molecule has 21 heavy (non-hydrogen) atoms. The van der Waals surface area contributed by atoms with E-state index < -0.39 is 17.9 Å². The number of hydrogen-bond donors (Lipinski definition) is 2. The molecule has 2 heterocycles.